The topological polar surface area (TPSA) is 64.3 Å². The molecular weight excluding hydrogens is 283 g/mol. The molecule has 0 aliphatic carbocycles. The monoisotopic (exact) mass is 294 g/mol. The number of methoxy groups -OCH3 is 1. The summed E-state index contributed by atoms with van der Waals surface area (Å²) < 4.78 is 18.3. The molecule has 0 aliphatic heterocycles. The van der Waals surface area contributed by atoms with Crippen LogP contribution in [-0.2, 0) is 0 Å². The van der Waals surface area contributed by atoms with E-state index in [1.165, 1.54) is 25.3 Å². The lowest BCUT2D eigenvalue weighted by Gasteiger charge is -2.09. The molecule has 6 heteroatoms. The first-order valence-corrected chi connectivity index (χ1v) is 6.09. The van der Waals surface area contributed by atoms with Crippen LogP contribution in [0.2, 0.25) is 5.02 Å². The second kappa shape index (κ2) is 5.79. The Morgan fingerprint density at radius 3 is 2.70 bits per heavy atom. The first-order chi connectivity index (χ1) is 9.51. The molecule has 2 rings (SSSR count). The van der Waals surface area contributed by atoms with Crippen molar-refractivity contribution < 1.29 is 13.9 Å². The minimum absolute atomic E-state index is 0.0730. The Kier molecular flexibility index (Phi) is 4.10. The Morgan fingerprint density at radius 2 is 2.05 bits per heavy atom. The third-order valence-electron chi connectivity index (χ3n) is 2.68. The predicted molar refractivity (Wildman–Crippen MR) is 76.8 cm³/mol. The van der Waals surface area contributed by atoms with Crippen LogP contribution in [0.3, 0.4) is 0 Å². The van der Waals surface area contributed by atoms with Crippen LogP contribution in [0, 0.1) is 5.82 Å². The van der Waals surface area contributed by atoms with Crippen molar-refractivity contribution in [2.75, 3.05) is 18.2 Å². The predicted octanol–water partition coefficient (Wildman–Crippen LogP) is 3.32. The molecule has 20 heavy (non-hydrogen) atoms. The number of hydrogen-bond acceptors (Lipinski definition) is 3. The zero-order chi connectivity index (χ0) is 14.7. The van der Waals surface area contributed by atoms with Gasteiger partial charge < -0.3 is 15.8 Å². The van der Waals surface area contributed by atoms with E-state index in [1.54, 1.807) is 12.1 Å². The number of anilines is 2. The quantitative estimate of drug-likeness (QED) is 0.854. The highest BCUT2D eigenvalue weighted by molar-refractivity contribution is 6.31. The summed E-state index contributed by atoms with van der Waals surface area (Å²) in [4.78, 5) is 12.0. The van der Waals surface area contributed by atoms with Gasteiger partial charge in [0.25, 0.3) is 5.91 Å². The largest absolute Gasteiger partial charge is 0.494 e. The summed E-state index contributed by atoms with van der Waals surface area (Å²) in [5, 5.41) is 3.02. The van der Waals surface area contributed by atoms with Gasteiger partial charge in [-0.2, -0.15) is 0 Å². The molecule has 0 atom stereocenters. The van der Waals surface area contributed by atoms with Crippen molar-refractivity contribution in [2.45, 2.75) is 0 Å². The molecule has 0 aliphatic rings. The number of nitrogen functional groups attached to an aromatic ring is 1. The molecular formula is C14H12ClFN2O2. The summed E-state index contributed by atoms with van der Waals surface area (Å²) in [7, 11) is 1.35. The van der Waals surface area contributed by atoms with Gasteiger partial charge in [0, 0.05) is 10.6 Å². The van der Waals surface area contributed by atoms with Crippen molar-refractivity contribution in [3.05, 3.63) is 52.8 Å². The molecule has 0 fully saturated rings. The maximum atomic E-state index is 13.5. The Morgan fingerprint density at radius 1 is 1.30 bits per heavy atom. The van der Waals surface area contributed by atoms with Gasteiger partial charge in [0.15, 0.2) is 11.6 Å². The Hall–Kier alpha value is -2.27. The second-order valence-corrected chi connectivity index (χ2v) is 4.47. The number of ether oxygens (including phenoxy) is 1. The van der Waals surface area contributed by atoms with E-state index in [-0.39, 0.29) is 11.3 Å². The molecule has 0 saturated carbocycles. The second-order valence-electron chi connectivity index (χ2n) is 4.04. The number of halogens is 2. The maximum absolute atomic E-state index is 13.5. The molecule has 3 N–H and O–H groups in total. The minimum atomic E-state index is -0.612. The first kappa shape index (κ1) is 14.1. The molecule has 0 saturated heterocycles. The molecule has 0 unspecified atom stereocenters. The van der Waals surface area contributed by atoms with Crippen LogP contribution in [0.25, 0.3) is 0 Å². The van der Waals surface area contributed by atoms with Gasteiger partial charge in [0.2, 0.25) is 0 Å². The molecule has 2 aromatic rings. The minimum Gasteiger partial charge on any atom is -0.494 e. The first-order valence-electron chi connectivity index (χ1n) is 5.71. The fraction of sp³-hybridized carbons (Fsp3) is 0.0714. The summed E-state index contributed by atoms with van der Waals surface area (Å²) in [5.74, 6) is -1.02. The highest BCUT2D eigenvalue weighted by atomic mass is 35.5. The van der Waals surface area contributed by atoms with Gasteiger partial charge in [0.05, 0.1) is 18.5 Å². The fourth-order valence-corrected chi connectivity index (χ4v) is 1.81. The average molecular weight is 295 g/mol. The lowest BCUT2D eigenvalue weighted by molar-refractivity contribution is 0.102. The zero-order valence-electron chi connectivity index (χ0n) is 10.6. The number of rotatable bonds is 3. The van der Waals surface area contributed by atoms with Crippen LogP contribution in [0.15, 0.2) is 36.4 Å². The number of amides is 1. The highest BCUT2D eigenvalue weighted by Crippen LogP contribution is 2.24. The Balaban J connectivity index is 2.24. The number of carbonyl (C=O) groups is 1. The molecule has 104 valence electrons. The van der Waals surface area contributed by atoms with E-state index in [0.29, 0.717) is 16.4 Å². The van der Waals surface area contributed by atoms with Crippen molar-refractivity contribution >= 4 is 28.9 Å². The van der Waals surface area contributed by atoms with Crippen molar-refractivity contribution in [1.29, 1.82) is 0 Å². The van der Waals surface area contributed by atoms with E-state index >= 15 is 0 Å². The van der Waals surface area contributed by atoms with Crippen LogP contribution < -0.4 is 15.8 Å². The van der Waals surface area contributed by atoms with E-state index < -0.39 is 11.7 Å². The molecule has 0 heterocycles. The van der Waals surface area contributed by atoms with Crippen LogP contribution in [0.5, 0.6) is 5.75 Å². The third-order valence-corrected chi connectivity index (χ3v) is 2.91. The lowest BCUT2D eigenvalue weighted by atomic mass is 10.2. The van der Waals surface area contributed by atoms with Crippen molar-refractivity contribution in [3.8, 4) is 5.75 Å². The van der Waals surface area contributed by atoms with Gasteiger partial charge >= 0.3 is 0 Å². The standard InChI is InChI=1S/C14H12ClFN2O2/c1-20-13-5-2-8(6-10(13)16)14(19)18-12-7-9(15)3-4-11(12)17/h2-7H,17H2,1H3,(H,18,19). The van der Waals surface area contributed by atoms with Crippen LogP contribution in [0.1, 0.15) is 10.4 Å². The molecule has 0 radical (unpaired) electrons. The van der Waals surface area contributed by atoms with Gasteiger partial charge in [-0.05, 0) is 36.4 Å². The van der Waals surface area contributed by atoms with Crippen LogP contribution in [-0.4, -0.2) is 13.0 Å². The van der Waals surface area contributed by atoms with Gasteiger partial charge in [-0.15, -0.1) is 0 Å². The Bertz CT molecular complexity index is 662. The number of hydrogen-bond donors (Lipinski definition) is 2. The molecule has 4 nitrogen and oxygen atoms in total. The van der Waals surface area contributed by atoms with Gasteiger partial charge in [-0.1, -0.05) is 11.6 Å². The van der Waals surface area contributed by atoms with Crippen molar-refractivity contribution in [1.82, 2.24) is 0 Å². The molecule has 1 amide bonds. The van der Waals surface area contributed by atoms with Crippen LogP contribution >= 0.6 is 11.6 Å². The summed E-state index contributed by atoms with van der Waals surface area (Å²) in [5.41, 5.74) is 6.62. The lowest BCUT2D eigenvalue weighted by Crippen LogP contribution is -2.13. The molecule has 0 bridgehead atoms. The molecule has 2 aromatic carbocycles. The van der Waals surface area contributed by atoms with Crippen LogP contribution in [0.4, 0.5) is 15.8 Å². The zero-order valence-corrected chi connectivity index (χ0v) is 11.4. The van der Waals surface area contributed by atoms with Crippen molar-refractivity contribution in [3.63, 3.8) is 0 Å². The number of nitrogens with one attached hydrogen (secondary N) is 1. The SMILES string of the molecule is COc1ccc(C(=O)Nc2cc(Cl)ccc2N)cc1F. The number of carbonyl (C=O) groups excluding carboxylic acids is 1. The van der Waals surface area contributed by atoms with E-state index in [0.717, 1.165) is 6.07 Å². The highest BCUT2D eigenvalue weighted by Gasteiger charge is 2.11. The summed E-state index contributed by atoms with van der Waals surface area (Å²) >= 11 is 5.83. The third kappa shape index (κ3) is 3.00. The Labute approximate surface area is 120 Å². The summed E-state index contributed by atoms with van der Waals surface area (Å²) in [6.07, 6.45) is 0. The van der Waals surface area contributed by atoms with E-state index in [2.05, 4.69) is 5.32 Å². The smallest absolute Gasteiger partial charge is 0.255 e. The summed E-state index contributed by atoms with van der Waals surface area (Å²) in [6, 6.07) is 8.64. The summed E-state index contributed by atoms with van der Waals surface area (Å²) in [6.45, 7) is 0. The van der Waals surface area contributed by atoms with E-state index in [1.807, 2.05) is 0 Å². The molecule has 0 aromatic heterocycles. The fourth-order valence-electron chi connectivity index (χ4n) is 1.64. The number of benzene rings is 2. The average Bonchev–Trinajstić information content (AvgIpc) is 2.42. The van der Waals surface area contributed by atoms with Gasteiger partial charge in [0.1, 0.15) is 0 Å². The van der Waals surface area contributed by atoms with Crippen molar-refractivity contribution in [2.24, 2.45) is 0 Å². The van der Waals surface area contributed by atoms with E-state index in [4.69, 9.17) is 22.1 Å². The maximum Gasteiger partial charge on any atom is 0.255 e. The van der Waals surface area contributed by atoms with Gasteiger partial charge in [-0.25, -0.2) is 4.39 Å². The van der Waals surface area contributed by atoms with Gasteiger partial charge in [-0.3, -0.25) is 4.79 Å². The molecule has 0 spiro atoms. The number of nitrogens with two attached hydrogens (primary N) is 1. The normalized spacial score (nSPS) is 10.2. The van der Waals surface area contributed by atoms with E-state index in [9.17, 15) is 9.18 Å².